The molecule has 0 aromatic rings. The Hall–Kier alpha value is 0.274. The van der Waals surface area contributed by atoms with Crippen LogP contribution in [0.15, 0.2) is 0 Å². The van der Waals surface area contributed by atoms with Gasteiger partial charge in [0.25, 0.3) is 0 Å². The molecule has 1 rings (SSSR count). The van der Waals surface area contributed by atoms with Crippen molar-refractivity contribution in [2.75, 3.05) is 6.61 Å². The number of aliphatic hydroxyl groups excluding tert-OH is 1. The van der Waals surface area contributed by atoms with Crippen LogP contribution >= 0.6 is 0 Å². The van der Waals surface area contributed by atoms with E-state index in [2.05, 4.69) is 74.7 Å². The lowest BCUT2D eigenvalue weighted by atomic mass is 10.00. The molecule has 1 aliphatic heterocycles. The maximum Gasteiger partial charge on any atom is 0.192 e. The summed E-state index contributed by atoms with van der Waals surface area (Å²) in [6.07, 6.45) is 27.6. The molecule has 0 aromatic heterocycles. The molecule has 1 saturated heterocycles. The molecule has 1 N–H and O–H groups in total. The highest BCUT2D eigenvalue weighted by atomic mass is 28.4. The smallest absolute Gasteiger partial charge is 0.192 e. The lowest BCUT2D eigenvalue weighted by Gasteiger charge is -2.41. The van der Waals surface area contributed by atoms with Crippen molar-refractivity contribution >= 4 is 16.6 Å². The van der Waals surface area contributed by atoms with E-state index in [1.54, 1.807) is 0 Å². The van der Waals surface area contributed by atoms with Gasteiger partial charge in [0.1, 0.15) is 0 Å². The van der Waals surface area contributed by atoms with Crippen LogP contribution in [-0.2, 0) is 13.6 Å². The average Bonchev–Trinajstić information content (AvgIpc) is 3.45. The van der Waals surface area contributed by atoms with Crippen LogP contribution < -0.4 is 0 Å². The maximum absolute atomic E-state index is 11.0. The highest BCUT2D eigenvalue weighted by Gasteiger charge is 2.43. The Balaban J connectivity index is 2.31. The van der Waals surface area contributed by atoms with E-state index >= 15 is 0 Å². The Kier molecular flexibility index (Phi) is 22.0. The van der Waals surface area contributed by atoms with E-state index in [4.69, 9.17) is 13.6 Å². The number of unbranched alkanes of at least 4 members (excludes halogenated alkanes) is 16. The fraction of sp³-hybridized carbons (Fsp3) is 1.00. The normalized spacial score (nSPS) is 19.6. The number of aliphatic hydroxyl groups is 1. The van der Waals surface area contributed by atoms with Gasteiger partial charge in [0, 0.05) is 6.61 Å². The quantitative estimate of drug-likeness (QED) is 0.0691. The summed E-state index contributed by atoms with van der Waals surface area (Å²) in [4.78, 5) is 0. The minimum Gasteiger partial charge on any atom is -0.417 e. The maximum atomic E-state index is 11.0. The third-order valence-electron chi connectivity index (χ3n) is 11.7. The van der Waals surface area contributed by atoms with Crippen LogP contribution in [0.3, 0.4) is 0 Å². The minimum absolute atomic E-state index is 0.0169. The number of hydrogen-bond donors (Lipinski definition) is 1. The fourth-order valence-corrected chi connectivity index (χ4v) is 8.67. The van der Waals surface area contributed by atoms with Gasteiger partial charge in [0.05, 0.1) is 24.4 Å². The SMILES string of the molecule is CCCCCCCCCCCC[C@@H](O[Si](C)(C)C(C)(C)C)[C@H]1CC[C@H]([C@H](O)CCCCCCCCCCO[Si](C)(C)C(C)(C)C)O1. The van der Waals surface area contributed by atoms with E-state index in [0.29, 0.717) is 5.04 Å². The molecule has 4 nitrogen and oxygen atoms in total. The third-order valence-corrected chi connectivity index (χ3v) is 20.7. The van der Waals surface area contributed by atoms with Gasteiger partial charge in [0.2, 0.25) is 0 Å². The Bertz CT molecular complexity index is 743. The summed E-state index contributed by atoms with van der Waals surface area (Å²) in [5, 5.41) is 11.5. The molecule has 0 aromatic carbocycles. The molecule has 1 heterocycles. The summed E-state index contributed by atoms with van der Waals surface area (Å²) in [6, 6.07) is 0. The van der Waals surface area contributed by atoms with Gasteiger partial charge in [-0.3, -0.25) is 0 Å². The van der Waals surface area contributed by atoms with Gasteiger partial charge >= 0.3 is 0 Å². The van der Waals surface area contributed by atoms with Crippen molar-refractivity contribution in [3.05, 3.63) is 0 Å². The summed E-state index contributed by atoms with van der Waals surface area (Å²) >= 11 is 0. The summed E-state index contributed by atoms with van der Waals surface area (Å²) in [6.45, 7) is 26.6. The lowest BCUT2D eigenvalue weighted by molar-refractivity contribution is -0.0751. The first-order chi connectivity index (χ1) is 21.5. The van der Waals surface area contributed by atoms with Crippen molar-refractivity contribution in [3.63, 3.8) is 0 Å². The molecule has 0 saturated carbocycles. The molecule has 6 heteroatoms. The van der Waals surface area contributed by atoms with Crippen molar-refractivity contribution in [2.45, 2.75) is 250 Å². The van der Waals surface area contributed by atoms with Gasteiger partial charge in [-0.05, 0) is 68.4 Å². The zero-order valence-corrected chi connectivity index (χ0v) is 35.2. The molecular weight excluding hydrogens is 601 g/mol. The number of hydrogen-bond acceptors (Lipinski definition) is 4. The second kappa shape index (κ2) is 22.9. The molecule has 46 heavy (non-hydrogen) atoms. The molecule has 1 aliphatic rings. The van der Waals surface area contributed by atoms with E-state index in [1.165, 1.54) is 109 Å². The van der Waals surface area contributed by atoms with Crippen molar-refractivity contribution in [2.24, 2.45) is 0 Å². The van der Waals surface area contributed by atoms with Gasteiger partial charge in [-0.15, -0.1) is 0 Å². The van der Waals surface area contributed by atoms with Crippen LogP contribution in [0, 0.1) is 0 Å². The predicted octanol–water partition coefficient (Wildman–Crippen LogP) is 13.1. The van der Waals surface area contributed by atoms with Gasteiger partial charge in [-0.2, -0.15) is 0 Å². The summed E-state index contributed by atoms with van der Waals surface area (Å²) < 4.78 is 19.9. The van der Waals surface area contributed by atoms with E-state index in [1.807, 2.05) is 0 Å². The predicted molar refractivity (Wildman–Crippen MR) is 207 cm³/mol. The van der Waals surface area contributed by atoms with E-state index in [9.17, 15) is 5.11 Å². The topological polar surface area (TPSA) is 47.9 Å². The zero-order valence-electron chi connectivity index (χ0n) is 33.2. The van der Waals surface area contributed by atoms with Crippen molar-refractivity contribution < 1.29 is 18.7 Å². The Morgan fingerprint density at radius 3 is 1.48 bits per heavy atom. The Morgan fingerprint density at radius 1 is 0.587 bits per heavy atom. The fourth-order valence-electron chi connectivity index (χ4n) is 6.20. The molecule has 0 aliphatic carbocycles. The third kappa shape index (κ3) is 18.3. The van der Waals surface area contributed by atoms with Crippen molar-refractivity contribution in [1.29, 1.82) is 0 Å². The largest absolute Gasteiger partial charge is 0.417 e. The molecule has 0 radical (unpaired) electrons. The van der Waals surface area contributed by atoms with Crippen molar-refractivity contribution in [3.8, 4) is 0 Å². The van der Waals surface area contributed by atoms with Crippen LogP contribution in [0.5, 0.6) is 0 Å². The first-order valence-corrected chi connectivity index (χ1v) is 26.0. The summed E-state index contributed by atoms with van der Waals surface area (Å²) in [5.74, 6) is 0. The van der Waals surface area contributed by atoms with Gasteiger partial charge in [0.15, 0.2) is 16.6 Å². The Labute approximate surface area is 291 Å². The second-order valence-electron chi connectivity index (χ2n) is 18.0. The van der Waals surface area contributed by atoms with Crippen LogP contribution in [0.25, 0.3) is 0 Å². The Morgan fingerprint density at radius 2 is 1.00 bits per heavy atom. The van der Waals surface area contributed by atoms with E-state index in [0.717, 1.165) is 38.7 Å². The van der Waals surface area contributed by atoms with Crippen LogP contribution in [0.2, 0.25) is 36.3 Å². The minimum atomic E-state index is -1.89. The molecule has 0 amide bonds. The number of ether oxygens (including phenoxy) is 1. The van der Waals surface area contributed by atoms with E-state index < -0.39 is 16.6 Å². The standard InChI is InChI=1S/C40H84O4Si2/c1-12-13-14-15-16-17-18-22-25-28-31-38(44-46(10,11)40(5,6)7)37-33-32-36(43-37)35(41)30-27-24-21-19-20-23-26-29-34-42-45(8,9)39(2,3)4/h35-38,41H,12-34H2,1-11H3/t35-,36-,37-,38-/m1/s1. The molecule has 4 atom stereocenters. The highest BCUT2D eigenvalue weighted by Crippen LogP contribution is 2.40. The van der Waals surface area contributed by atoms with Crippen molar-refractivity contribution in [1.82, 2.24) is 0 Å². The zero-order chi connectivity index (χ0) is 34.7. The van der Waals surface area contributed by atoms with Crippen LogP contribution in [0.1, 0.15) is 190 Å². The van der Waals surface area contributed by atoms with Crippen LogP contribution in [0.4, 0.5) is 0 Å². The molecule has 1 fully saturated rings. The van der Waals surface area contributed by atoms with Gasteiger partial charge in [-0.25, -0.2) is 0 Å². The lowest BCUT2D eigenvalue weighted by Crippen LogP contribution is -2.47. The first kappa shape index (κ1) is 44.3. The molecule has 0 spiro atoms. The summed E-state index contributed by atoms with van der Waals surface area (Å²) in [5.41, 5.74) is 0. The van der Waals surface area contributed by atoms with Crippen LogP contribution in [-0.4, -0.2) is 52.8 Å². The molecule has 276 valence electrons. The number of rotatable bonds is 27. The van der Waals surface area contributed by atoms with E-state index in [-0.39, 0.29) is 29.5 Å². The second-order valence-corrected chi connectivity index (χ2v) is 27.5. The molecule has 0 unspecified atom stereocenters. The average molecular weight is 685 g/mol. The monoisotopic (exact) mass is 685 g/mol. The van der Waals surface area contributed by atoms with Gasteiger partial charge in [-0.1, -0.05) is 158 Å². The first-order valence-electron chi connectivity index (χ1n) is 20.2. The highest BCUT2D eigenvalue weighted by molar-refractivity contribution is 6.74. The molecule has 0 bridgehead atoms. The summed E-state index contributed by atoms with van der Waals surface area (Å²) in [7, 11) is -3.48. The molecular formula is C40H84O4Si2. The van der Waals surface area contributed by atoms with Gasteiger partial charge < -0.3 is 18.7 Å².